The highest BCUT2D eigenvalue weighted by Crippen LogP contribution is 2.33. The van der Waals surface area contributed by atoms with Gasteiger partial charge < -0.3 is 29.4 Å². The summed E-state index contributed by atoms with van der Waals surface area (Å²) in [5, 5.41) is 11.3. The average molecular weight is 686 g/mol. The minimum Gasteiger partial charge on any atom is -0.489 e. The van der Waals surface area contributed by atoms with Crippen LogP contribution in [-0.2, 0) is 20.9 Å². The zero-order valence-electron chi connectivity index (χ0n) is 27.0. The minimum atomic E-state index is -0.622. The summed E-state index contributed by atoms with van der Waals surface area (Å²) in [4.78, 5) is 25.5. The molecule has 3 aromatic carbocycles. The Hall–Kier alpha value is -5.13. The maximum Gasteiger partial charge on any atom is 0.338 e. The molecule has 248 valence electrons. The summed E-state index contributed by atoms with van der Waals surface area (Å²) in [6.07, 6.45) is 1.60. The van der Waals surface area contributed by atoms with Crippen molar-refractivity contribution in [2.45, 2.75) is 40.3 Å². The fraction of sp³-hybridized carbons (Fsp3) is 0.222. The molecule has 1 aromatic heterocycles. The van der Waals surface area contributed by atoms with E-state index >= 15 is 0 Å². The second-order valence-electron chi connectivity index (χ2n) is 11.0. The topological polar surface area (TPSA) is 115 Å². The Morgan fingerprint density at radius 2 is 1.75 bits per heavy atom. The monoisotopic (exact) mass is 685 g/mol. The van der Waals surface area contributed by atoms with E-state index in [0.717, 1.165) is 34.0 Å². The molecule has 0 bridgehead atoms. The highest BCUT2D eigenvalue weighted by Gasteiger charge is 2.32. The summed E-state index contributed by atoms with van der Waals surface area (Å²) in [6, 6.07) is 23.9. The molecule has 0 fully saturated rings. The van der Waals surface area contributed by atoms with E-state index in [4.69, 9.17) is 38.0 Å². The second-order valence-corrected chi connectivity index (χ2v) is 11.8. The molecule has 2 heterocycles. The number of esters is 1. The standard InChI is InChI=1S/C36H36ClN5O5S/c1-5-45-35(44)33-23(3)39-36(48)40-34(33)30-8-6-7-9-31(30)47-21-32(43)41-38-19-26-18-22(2)42(24(26)4)28-14-16-29(17-15-28)46-20-25-10-12-27(37)13-11-25/h6-19,34H,5,20-21H2,1-4H3,(H,41,43)(H2,39,40,48)/t34-/m0/s1. The van der Waals surface area contributed by atoms with Crippen LogP contribution in [0.4, 0.5) is 0 Å². The minimum absolute atomic E-state index is 0.227. The Morgan fingerprint density at radius 1 is 1.02 bits per heavy atom. The number of allylic oxidation sites excluding steroid dienone is 1. The summed E-state index contributed by atoms with van der Waals surface area (Å²) in [5.74, 6) is 0.251. The van der Waals surface area contributed by atoms with E-state index in [2.05, 4.69) is 25.7 Å². The van der Waals surface area contributed by atoms with Gasteiger partial charge in [0.05, 0.1) is 24.4 Å². The first kappa shape index (κ1) is 34.2. The van der Waals surface area contributed by atoms with Gasteiger partial charge in [-0.1, -0.05) is 41.9 Å². The molecule has 0 radical (unpaired) electrons. The van der Waals surface area contributed by atoms with Crippen LogP contribution in [-0.4, -0.2) is 41.0 Å². The lowest BCUT2D eigenvalue weighted by atomic mass is 9.95. The molecule has 48 heavy (non-hydrogen) atoms. The Bertz CT molecular complexity index is 1870. The lowest BCUT2D eigenvalue weighted by Crippen LogP contribution is -2.45. The highest BCUT2D eigenvalue weighted by atomic mass is 35.5. The third-order valence-electron chi connectivity index (χ3n) is 7.63. The first-order valence-electron chi connectivity index (χ1n) is 15.3. The van der Waals surface area contributed by atoms with Crippen LogP contribution in [0.15, 0.2) is 95.2 Å². The van der Waals surface area contributed by atoms with Gasteiger partial charge in [0.15, 0.2) is 11.7 Å². The van der Waals surface area contributed by atoms with Crippen LogP contribution in [0.3, 0.4) is 0 Å². The van der Waals surface area contributed by atoms with Crippen molar-refractivity contribution in [2.24, 2.45) is 5.10 Å². The number of ether oxygens (including phenoxy) is 3. The van der Waals surface area contributed by atoms with Gasteiger partial charge >= 0.3 is 5.97 Å². The molecule has 1 aliphatic heterocycles. The number of thiocarbonyl (C=S) groups is 1. The van der Waals surface area contributed by atoms with Crippen molar-refractivity contribution < 1.29 is 23.8 Å². The van der Waals surface area contributed by atoms with Gasteiger partial charge in [0.25, 0.3) is 5.91 Å². The number of nitrogens with zero attached hydrogens (tertiary/aromatic N) is 2. The number of amides is 1. The van der Waals surface area contributed by atoms with Crippen LogP contribution in [0.2, 0.25) is 5.02 Å². The van der Waals surface area contributed by atoms with Gasteiger partial charge in [0.2, 0.25) is 0 Å². The molecular weight excluding hydrogens is 650 g/mol. The quantitative estimate of drug-likeness (QED) is 0.0698. The van der Waals surface area contributed by atoms with Crippen molar-refractivity contribution in [1.82, 2.24) is 20.6 Å². The molecule has 4 aromatic rings. The van der Waals surface area contributed by atoms with E-state index in [9.17, 15) is 9.59 Å². The van der Waals surface area contributed by atoms with Gasteiger partial charge in [0.1, 0.15) is 18.1 Å². The number of carbonyl (C=O) groups excluding carboxylic acids is 2. The molecule has 3 N–H and O–H groups in total. The number of hydrogen-bond donors (Lipinski definition) is 3. The van der Waals surface area contributed by atoms with E-state index in [-0.39, 0.29) is 13.2 Å². The molecule has 0 saturated carbocycles. The van der Waals surface area contributed by atoms with Crippen LogP contribution in [0.5, 0.6) is 11.5 Å². The van der Waals surface area contributed by atoms with Crippen molar-refractivity contribution in [3.63, 3.8) is 0 Å². The third-order valence-corrected chi connectivity index (χ3v) is 8.10. The lowest BCUT2D eigenvalue weighted by molar-refractivity contribution is -0.139. The maximum atomic E-state index is 12.8. The van der Waals surface area contributed by atoms with Crippen LogP contribution in [0.25, 0.3) is 5.69 Å². The number of carbonyl (C=O) groups is 2. The van der Waals surface area contributed by atoms with Gasteiger partial charge in [-0.25, -0.2) is 10.2 Å². The summed E-state index contributed by atoms with van der Waals surface area (Å²) < 4.78 is 19.2. The molecule has 1 atom stereocenters. The van der Waals surface area contributed by atoms with Gasteiger partial charge in [-0.05, 0) is 94.0 Å². The van der Waals surface area contributed by atoms with Crippen LogP contribution in [0, 0.1) is 13.8 Å². The molecule has 1 amide bonds. The van der Waals surface area contributed by atoms with Gasteiger partial charge in [-0.15, -0.1) is 0 Å². The summed E-state index contributed by atoms with van der Waals surface area (Å²) in [7, 11) is 0. The van der Waals surface area contributed by atoms with Crippen molar-refractivity contribution in [1.29, 1.82) is 0 Å². The average Bonchev–Trinajstić information content (AvgIpc) is 3.35. The second kappa shape index (κ2) is 15.6. The summed E-state index contributed by atoms with van der Waals surface area (Å²) in [5.41, 5.74) is 8.95. The number of hydrogen-bond acceptors (Lipinski definition) is 7. The van der Waals surface area contributed by atoms with Crippen LogP contribution < -0.4 is 25.5 Å². The summed E-state index contributed by atoms with van der Waals surface area (Å²) >= 11 is 11.3. The molecule has 0 aliphatic carbocycles. The number of aromatic nitrogens is 1. The van der Waals surface area contributed by atoms with Gasteiger partial charge in [-0.2, -0.15) is 5.10 Å². The molecule has 12 heteroatoms. The zero-order valence-corrected chi connectivity index (χ0v) is 28.6. The van der Waals surface area contributed by atoms with E-state index in [1.807, 2.05) is 74.5 Å². The predicted molar refractivity (Wildman–Crippen MR) is 190 cm³/mol. The maximum absolute atomic E-state index is 12.8. The lowest BCUT2D eigenvalue weighted by Gasteiger charge is -2.30. The van der Waals surface area contributed by atoms with Crippen LogP contribution >= 0.6 is 23.8 Å². The molecule has 5 rings (SSSR count). The molecule has 0 unspecified atom stereocenters. The normalized spacial score (nSPS) is 14.4. The van der Waals surface area contributed by atoms with E-state index < -0.39 is 17.9 Å². The van der Waals surface area contributed by atoms with Crippen molar-refractivity contribution in [3.8, 4) is 17.2 Å². The molecule has 0 saturated heterocycles. The molecule has 0 spiro atoms. The van der Waals surface area contributed by atoms with Crippen molar-refractivity contribution >= 4 is 47.0 Å². The highest BCUT2D eigenvalue weighted by molar-refractivity contribution is 7.80. The number of benzene rings is 3. The molecule has 10 nitrogen and oxygen atoms in total. The Kier molecular flexibility index (Phi) is 11.1. The third kappa shape index (κ3) is 8.23. The predicted octanol–water partition coefficient (Wildman–Crippen LogP) is 6.21. The van der Waals surface area contributed by atoms with Crippen LogP contribution in [0.1, 0.15) is 48.0 Å². The SMILES string of the molecule is CCOC(=O)C1=C(C)NC(=S)N[C@H]1c1ccccc1OCC(=O)NN=Cc1cc(C)n(-c2ccc(OCc3ccc(Cl)cc3)cc2)c1C. The number of aryl methyl sites for hydroxylation is 1. The van der Waals surface area contributed by atoms with Crippen molar-refractivity contribution in [2.75, 3.05) is 13.2 Å². The number of halogens is 1. The molecule has 1 aliphatic rings. The fourth-order valence-electron chi connectivity index (χ4n) is 5.36. The first-order chi connectivity index (χ1) is 23.1. The van der Waals surface area contributed by atoms with E-state index in [0.29, 0.717) is 39.3 Å². The Balaban J connectivity index is 1.20. The fourth-order valence-corrected chi connectivity index (χ4v) is 5.76. The number of hydrazone groups is 1. The number of rotatable bonds is 12. The summed E-state index contributed by atoms with van der Waals surface area (Å²) in [6.45, 7) is 7.87. The van der Waals surface area contributed by atoms with Gasteiger partial charge in [-0.3, -0.25) is 4.79 Å². The number of nitrogens with one attached hydrogen (secondary N) is 3. The zero-order chi connectivity index (χ0) is 34.2. The Morgan fingerprint density at radius 3 is 2.48 bits per heavy atom. The number of para-hydroxylation sites is 1. The smallest absolute Gasteiger partial charge is 0.338 e. The largest absolute Gasteiger partial charge is 0.489 e. The van der Waals surface area contributed by atoms with Gasteiger partial charge in [0, 0.05) is 38.9 Å². The van der Waals surface area contributed by atoms with E-state index in [1.165, 1.54) is 0 Å². The Labute approximate surface area is 289 Å². The van der Waals surface area contributed by atoms with E-state index in [1.54, 1.807) is 38.3 Å². The first-order valence-corrected chi connectivity index (χ1v) is 16.1. The molecular formula is C36H36ClN5O5S. The van der Waals surface area contributed by atoms with Crippen molar-refractivity contribution in [3.05, 3.63) is 123 Å².